The second-order valence-corrected chi connectivity index (χ2v) is 6.33. The molecule has 2 aliphatic carbocycles. The van der Waals surface area contributed by atoms with Crippen LogP contribution in [-0.4, -0.2) is 40.6 Å². The minimum Gasteiger partial charge on any atom is -0.481 e. The zero-order valence-corrected chi connectivity index (χ0v) is 12.3. The van der Waals surface area contributed by atoms with Gasteiger partial charge in [0.15, 0.2) is 0 Å². The molecule has 2 atom stereocenters. The second-order valence-electron chi connectivity index (χ2n) is 6.33. The van der Waals surface area contributed by atoms with Crippen molar-refractivity contribution in [1.29, 1.82) is 0 Å². The Bertz CT molecular complexity index is 355. The summed E-state index contributed by atoms with van der Waals surface area (Å²) in [6.45, 7) is 2.60. The Labute approximate surface area is 120 Å². The van der Waals surface area contributed by atoms with Crippen LogP contribution in [0.3, 0.4) is 0 Å². The number of urea groups is 1. The Kier molecular flexibility index (Phi) is 5.26. The molecule has 0 radical (unpaired) electrons. The Morgan fingerprint density at radius 1 is 1.15 bits per heavy atom. The average molecular weight is 282 g/mol. The maximum Gasteiger partial charge on any atom is 0.317 e. The lowest BCUT2D eigenvalue weighted by Gasteiger charge is -2.25. The monoisotopic (exact) mass is 282 g/mol. The molecule has 2 fully saturated rings. The fourth-order valence-corrected chi connectivity index (χ4v) is 2.94. The van der Waals surface area contributed by atoms with Crippen molar-refractivity contribution in [1.82, 2.24) is 10.2 Å². The number of rotatable bonds is 5. The van der Waals surface area contributed by atoms with Crippen LogP contribution >= 0.6 is 0 Å². The van der Waals surface area contributed by atoms with Gasteiger partial charge in [-0.05, 0) is 38.0 Å². The summed E-state index contributed by atoms with van der Waals surface area (Å²) in [5.74, 6) is -0.0878. The summed E-state index contributed by atoms with van der Waals surface area (Å²) in [7, 11) is 0. The molecule has 5 heteroatoms. The topological polar surface area (TPSA) is 69.6 Å². The highest BCUT2D eigenvalue weighted by molar-refractivity contribution is 5.76. The van der Waals surface area contributed by atoms with Crippen molar-refractivity contribution in [3.63, 3.8) is 0 Å². The van der Waals surface area contributed by atoms with Crippen LogP contribution in [0.25, 0.3) is 0 Å². The van der Waals surface area contributed by atoms with Gasteiger partial charge in [0.1, 0.15) is 0 Å². The third-order valence-electron chi connectivity index (χ3n) is 4.40. The maximum absolute atomic E-state index is 12.3. The molecule has 2 saturated carbocycles. The molecule has 5 nitrogen and oxygen atoms in total. The van der Waals surface area contributed by atoms with E-state index in [0.29, 0.717) is 6.54 Å². The van der Waals surface area contributed by atoms with Crippen molar-refractivity contribution >= 4 is 12.0 Å². The molecule has 2 rings (SSSR count). The summed E-state index contributed by atoms with van der Waals surface area (Å²) in [5.41, 5.74) is 0. The van der Waals surface area contributed by atoms with Crippen LogP contribution in [0, 0.1) is 5.92 Å². The van der Waals surface area contributed by atoms with E-state index >= 15 is 0 Å². The molecule has 0 spiro atoms. The number of hydrogen-bond donors (Lipinski definition) is 2. The van der Waals surface area contributed by atoms with Gasteiger partial charge in [-0.2, -0.15) is 0 Å². The Morgan fingerprint density at radius 3 is 2.55 bits per heavy atom. The molecule has 114 valence electrons. The number of aliphatic carboxylic acids is 1. The van der Waals surface area contributed by atoms with E-state index in [0.717, 1.165) is 31.6 Å². The normalized spacial score (nSPS) is 26.6. The Hall–Kier alpha value is -1.26. The van der Waals surface area contributed by atoms with Gasteiger partial charge in [0.05, 0.1) is 6.42 Å². The highest BCUT2D eigenvalue weighted by atomic mass is 16.4. The van der Waals surface area contributed by atoms with Crippen LogP contribution in [0.4, 0.5) is 4.79 Å². The third kappa shape index (κ3) is 4.69. The zero-order chi connectivity index (χ0) is 14.5. The summed E-state index contributed by atoms with van der Waals surface area (Å²) in [4.78, 5) is 24.7. The lowest BCUT2D eigenvalue weighted by atomic mass is 10.0. The molecule has 0 heterocycles. The fourth-order valence-electron chi connectivity index (χ4n) is 2.94. The van der Waals surface area contributed by atoms with E-state index in [4.69, 9.17) is 5.11 Å². The number of carboxylic acid groups (broad SMARTS) is 1. The Morgan fingerprint density at radius 2 is 1.90 bits per heavy atom. The van der Waals surface area contributed by atoms with Crippen molar-refractivity contribution in [3.05, 3.63) is 0 Å². The summed E-state index contributed by atoms with van der Waals surface area (Å²) in [6.07, 6.45) is 7.73. The van der Waals surface area contributed by atoms with Crippen molar-refractivity contribution in [2.45, 2.75) is 70.4 Å². The van der Waals surface area contributed by atoms with Gasteiger partial charge in [0, 0.05) is 18.6 Å². The fraction of sp³-hybridized carbons (Fsp3) is 0.867. The van der Waals surface area contributed by atoms with Crippen molar-refractivity contribution in [2.75, 3.05) is 6.54 Å². The predicted molar refractivity (Wildman–Crippen MR) is 76.5 cm³/mol. The third-order valence-corrected chi connectivity index (χ3v) is 4.40. The summed E-state index contributed by atoms with van der Waals surface area (Å²) < 4.78 is 0. The molecule has 0 aromatic rings. The molecule has 0 saturated heterocycles. The first-order chi connectivity index (χ1) is 9.56. The summed E-state index contributed by atoms with van der Waals surface area (Å²) >= 11 is 0. The number of carbonyl (C=O) groups excluding carboxylic acids is 1. The second kappa shape index (κ2) is 6.95. The van der Waals surface area contributed by atoms with E-state index < -0.39 is 5.97 Å². The molecule has 2 N–H and O–H groups in total. The van der Waals surface area contributed by atoms with Crippen LogP contribution in [0.15, 0.2) is 0 Å². The number of amides is 2. The van der Waals surface area contributed by atoms with E-state index in [1.807, 2.05) is 0 Å². The summed E-state index contributed by atoms with van der Waals surface area (Å²) in [5, 5.41) is 11.9. The molecule has 20 heavy (non-hydrogen) atoms. The van der Waals surface area contributed by atoms with Crippen molar-refractivity contribution in [2.24, 2.45) is 5.92 Å². The Balaban J connectivity index is 1.82. The number of carboxylic acids is 1. The quantitative estimate of drug-likeness (QED) is 0.761. The minimum absolute atomic E-state index is 0.0334. The van der Waals surface area contributed by atoms with Gasteiger partial charge >= 0.3 is 12.0 Å². The van der Waals surface area contributed by atoms with Crippen molar-refractivity contribution < 1.29 is 14.7 Å². The van der Waals surface area contributed by atoms with E-state index in [-0.39, 0.29) is 24.5 Å². The van der Waals surface area contributed by atoms with E-state index in [2.05, 4.69) is 12.2 Å². The van der Waals surface area contributed by atoms with Gasteiger partial charge in [-0.15, -0.1) is 0 Å². The average Bonchev–Trinajstić information content (AvgIpc) is 3.19. The molecule has 0 aliphatic heterocycles. The SMILES string of the molecule is CC1CCCC(NC(=O)N(CCC(=O)O)C2CC2)CC1. The molecule has 0 aromatic heterocycles. The van der Waals surface area contributed by atoms with Crippen LogP contribution in [0.1, 0.15) is 58.3 Å². The smallest absolute Gasteiger partial charge is 0.317 e. The van der Waals surface area contributed by atoms with Gasteiger partial charge in [-0.3, -0.25) is 4.79 Å². The lowest BCUT2D eigenvalue weighted by Crippen LogP contribution is -2.46. The highest BCUT2D eigenvalue weighted by Crippen LogP contribution is 2.28. The number of nitrogens with one attached hydrogen (secondary N) is 1. The molecule has 0 bridgehead atoms. The number of hydrogen-bond acceptors (Lipinski definition) is 2. The van der Waals surface area contributed by atoms with E-state index in [1.165, 1.54) is 19.3 Å². The summed E-state index contributed by atoms with van der Waals surface area (Å²) in [6, 6.07) is 0.464. The van der Waals surface area contributed by atoms with Crippen LogP contribution in [0.2, 0.25) is 0 Å². The maximum atomic E-state index is 12.3. The van der Waals surface area contributed by atoms with Gasteiger partial charge < -0.3 is 15.3 Å². The minimum atomic E-state index is -0.841. The first kappa shape index (κ1) is 15.1. The van der Waals surface area contributed by atoms with Gasteiger partial charge in [0.2, 0.25) is 0 Å². The molecule has 2 amide bonds. The van der Waals surface area contributed by atoms with Crippen LogP contribution in [-0.2, 0) is 4.79 Å². The van der Waals surface area contributed by atoms with Gasteiger partial charge in [0.25, 0.3) is 0 Å². The van der Waals surface area contributed by atoms with Crippen LogP contribution < -0.4 is 5.32 Å². The van der Waals surface area contributed by atoms with Gasteiger partial charge in [-0.25, -0.2) is 4.79 Å². The predicted octanol–water partition coefficient (Wildman–Crippen LogP) is 2.60. The standard InChI is InChI=1S/C15H26N2O3/c1-11-3-2-4-12(6-5-11)16-15(20)17(13-7-8-13)10-9-14(18)19/h11-13H,2-10H2,1H3,(H,16,20)(H,18,19). The molecule has 2 aliphatic rings. The molecule has 0 aromatic carbocycles. The van der Waals surface area contributed by atoms with E-state index in [1.54, 1.807) is 4.90 Å². The largest absolute Gasteiger partial charge is 0.481 e. The first-order valence-corrected chi connectivity index (χ1v) is 7.85. The lowest BCUT2D eigenvalue weighted by molar-refractivity contribution is -0.137. The van der Waals surface area contributed by atoms with Crippen LogP contribution in [0.5, 0.6) is 0 Å². The van der Waals surface area contributed by atoms with Crippen molar-refractivity contribution in [3.8, 4) is 0 Å². The van der Waals surface area contributed by atoms with E-state index in [9.17, 15) is 9.59 Å². The van der Waals surface area contributed by atoms with Gasteiger partial charge in [-0.1, -0.05) is 19.8 Å². The zero-order valence-electron chi connectivity index (χ0n) is 12.3. The number of nitrogens with zero attached hydrogens (tertiary/aromatic N) is 1. The molecular weight excluding hydrogens is 256 g/mol. The molecular formula is C15H26N2O3. The highest BCUT2D eigenvalue weighted by Gasteiger charge is 2.33. The molecule has 2 unspecified atom stereocenters. The first-order valence-electron chi connectivity index (χ1n) is 7.85. The number of carbonyl (C=O) groups is 2.